The molecule has 1 heterocycles. The van der Waals surface area contributed by atoms with E-state index in [9.17, 15) is 4.79 Å². The second-order valence-electron chi connectivity index (χ2n) is 2.98. The maximum absolute atomic E-state index is 11.5. The van der Waals surface area contributed by atoms with Crippen LogP contribution >= 0.6 is 0 Å². The Morgan fingerprint density at radius 1 is 1.57 bits per heavy atom. The average molecular weight is 191 g/mol. The molecule has 0 fully saturated rings. The molecule has 0 atom stereocenters. The molecule has 1 aromatic rings. The largest absolute Gasteiger partial charge is 0.349 e. The van der Waals surface area contributed by atoms with E-state index in [4.69, 9.17) is 0 Å². The summed E-state index contributed by atoms with van der Waals surface area (Å²) in [6, 6.07) is 1.72. The molecule has 0 unspecified atom stereocenters. The van der Waals surface area contributed by atoms with Crippen molar-refractivity contribution in [2.75, 3.05) is 6.54 Å². The van der Waals surface area contributed by atoms with E-state index in [0.29, 0.717) is 17.8 Å². The van der Waals surface area contributed by atoms with Gasteiger partial charge in [0, 0.05) is 6.54 Å². The van der Waals surface area contributed by atoms with Gasteiger partial charge < -0.3 is 5.32 Å². The first kappa shape index (κ1) is 10.4. The number of aryl methyl sites for hydroxylation is 2. The summed E-state index contributed by atoms with van der Waals surface area (Å²) in [5, 5.41) is 10.4. The summed E-state index contributed by atoms with van der Waals surface area (Å²) in [5.74, 6) is -0.139. The zero-order valence-corrected chi connectivity index (χ0v) is 8.37. The standard InChI is InChI=1S/C10H13N3O/c1-4-5-11-10(14)9-6-7(2)12-13-8(9)3/h4,6H,1,5H2,2-3H3,(H,11,14). The lowest BCUT2D eigenvalue weighted by Crippen LogP contribution is -2.24. The van der Waals surface area contributed by atoms with Crippen LogP contribution in [0.15, 0.2) is 18.7 Å². The summed E-state index contributed by atoms with van der Waals surface area (Å²) < 4.78 is 0. The molecule has 0 aliphatic carbocycles. The molecule has 74 valence electrons. The van der Waals surface area contributed by atoms with Gasteiger partial charge in [-0.25, -0.2) is 0 Å². The Balaban J connectivity index is 2.88. The average Bonchev–Trinajstić information content (AvgIpc) is 2.18. The molecule has 0 aliphatic rings. The van der Waals surface area contributed by atoms with Gasteiger partial charge in [-0.2, -0.15) is 10.2 Å². The third-order valence-corrected chi connectivity index (χ3v) is 1.75. The summed E-state index contributed by atoms with van der Waals surface area (Å²) in [4.78, 5) is 11.5. The van der Waals surface area contributed by atoms with Gasteiger partial charge in [-0.1, -0.05) is 6.08 Å². The van der Waals surface area contributed by atoms with Crippen molar-refractivity contribution in [2.24, 2.45) is 0 Å². The second-order valence-corrected chi connectivity index (χ2v) is 2.98. The van der Waals surface area contributed by atoms with Crippen LogP contribution in [-0.2, 0) is 0 Å². The molecule has 0 saturated heterocycles. The molecule has 1 rings (SSSR count). The smallest absolute Gasteiger partial charge is 0.253 e. The van der Waals surface area contributed by atoms with Crippen LogP contribution in [0.25, 0.3) is 0 Å². The Bertz CT molecular complexity index is 360. The Hall–Kier alpha value is -1.71. The number of carbonyl (C=O) groups excluding carboxylic acids is 1. The Labute approximate surface area is 83.1 Å². The molecule has 0 bridgehead atoms. The first-order valence-corrected chi connectivity index (χ1v) is 4.35. The number of carbonyl (C=O) groups is 1. The van der Waals surface area contributed by atoms with Crippen molar-refractivity contribution in [2.45, 2.75) is 13.8 Å². The van der Waals surface area contributed by atoms with Crippen molar-refractivity contribution in [3.8, 4) is 0 Å². The minimum atomic E-state index is -0.139. The highest BCUT2D eigenvalue weighted by Crippen LogP contribution is 2.04. The monoisotopic (exact) mass is 191 g/mol. The summed E-state index contributed by atoms with van der Waals surface area (Å²) in [6.07, 6.45) is 1.63. The molecule has 0 radical (unpaired) electrons. The Kier molecular flexibility index (Phi) is 3.34. The number of rotatable bonds is 3. The molecule has 1 N–H and O–H groups in total. The van der Waals surface area contributed by atoms with Crippen LogP contribution in [0.2, 0.25) is 0 Å². The van der Waals surface area contributed by atoms with E-state index in [-0.39, 0.29) is 5.91 Å². The molecule has 0 aromatic carbocycles. The molecule has 4 nitrogen and oxygen atoms in total. The lowest BCUT2D eigenvalue weighted by atomic mass is 10.2. The lowest BCUT2D eigenvalue weighted by Gasteiger charge is -2.04. The van der Waals surface area contributed by atoms with Crippen LogP contribution in [0.5, 0.6) is 0 Å². The predicted octanol–water partition coefficient (Wildman–Crippen LogP) is 1.01. The summed E-state index contributed by atoms with van der Waals surface area (Å²) >= 11 is 0. The van der Waals surface area contributed by atoms with Crippen LogP contribution in [0.3, 0.4) is 0 Å². The van der Waals surface area contributed by atoms with Crippen molar-refractivity contribution in [1.29, 1.82) is 0 Å². The van der Waals surface area contributed by atoms with Gasteiger partial charge in [0.05, 0.1) is 17.0 Å². The molecule has 1 amide bonds. The van der Waals surface area contributed by atoms with Gasteiger partial charge in [-0.15, -0.1) is 6.58 Å². The number of nitrogens with zero attached hydrogens (tertiary/aromatic N) is 2. The quantitative estimate of drug-likeness (QED) is 0.725. The van der Waals surface area contributed by atoms with E-state index in [1.165, 1.54) is 0 Å². The number of nitrogens with one attached hydrogen (secondary N) is 1. The van der Waals surface area contributed by atoms with Crippen molar-refractivity contribution < 1.29 is 4.79 Å². The predicted molar refractivity (Wildman–Crippen MR) is 54.0 cm³/mol. The zero-order chi connectivity index (χ0) is 10.6. The van der Waals surface area contributed by atoms with Crippen LogP contribution in [0.1, 0.15) is 21.7 Å². The van der Waals surface area contributed by atoms with Crippen LogP contribution in [-0.4, -0.2) is 22.6 Å². The van der Waals surface area contributed by atoms with Crippen LogP contribution < -0.4 is 5.32 Å². The minimum absolute atomic E-state index is 0.139. The highest BCUT2D eigenvalue weighted by Gasteiger charge is 2.09. The maximum atomic E-state index is 11.5. The van der Waals surface area contributed by atoms with Crippen LogP contribution in [0, 0.1) is 13.8 Å². The number of amides is 1. The molecular formula is C10H13N3O. The molecule has 0 saturated carbocycles. The van der Waals surface area contributed by atoms with Crippen molar-refractivity contribution in [3.63, 3.8) is 0 Å². The summed E-state index contributed by atoms with van der Waals surface area (Å²) in [7, 11) is 0. The fourth-order valence-electron chi connectivity index (χ4n) is 1.04. The van der Waals surface area contributed by atoms with E-state index in [1.807, 2.05) is 0 Å². The molecule has 4 heteroatoms. The third-order valence-electron chi connectivity index (χ3n) is 1.75. The van der Waals surface area contributed by atoms with E-state index >= 15 is 0 Å². The van der Waals surface area contributed by atoms with Crippen molar-refractivity contribution in [1.82, 2.24) is 15.5 Å². The van der Waals surface area contributed by atoms with E-state index in [2.05, 4.69) is 22.1 Å². The highest BCUT2D eigenvalue weighted by atomic mass is 16.1. The van der Waals surface area contributed by atoms with Crippen LogP contribution in [0.4, 0.5) is 0 Å². The van der Waals surface area contributed by atoms with Crippen molar-refractivity contribution in [3.05, 3.63) is 35.7 Å². The fraction of sp³-hybridized carbons (Fsp3) is 0.300. The number of aromatic nitrogens is 2. The van der Waals surface area contributed by atoms with E-state index in [0.717, 1.165) is 5.69 Å². The van der Waals surface area contributed by atoms with Crippen molar-refractivity contribution >= 4 is 5.91 Å². The SMILES string of the molecule is C=CCNC(=O)c1cc(C)nnc1C. The molecule has 1 aromatic heterocycles. The summed E-state index contributed by atoms with van der Waals surface area (Å²) in [5.41, 5.74) is 1.94. The molecular weight excluding hydrogens is 178 g/mol. The van der Waals surface area contributed by atoms with Gasteiger partial charge in [-0.05, 0) is 19.9 Å². The number of hydrogen-bond donors (Lipinski definition) is 1. The van der Waals surface area contributed by atoms with Gasteiger partial charge in [0.25, 0.3) is 5.91 Å². The maximum Gasteiger partial charge on any atom is 0.253 e. The molecule has 14 heavy (non-hydrogen) atoms. The van der Waals surface area contributed by atoms with Gasteiger partial charge in [-0.3, -0.25) is 4.79 Å². The third kappa shape index (κ3) is 2.39. The molecule has 0 aliphatic heterocycles. The molecule has 0 spiro atoms. The first-order valence-electron chi connectivity index (χ1n) is 4.35. The Morgan fingerprint density at radius 2 is 2.29 bits per heavy atom. The highest BCUT2D eigenvalue weighted by molar-refractivity contribution is 5.95. The first-order chi connectivity index (χ1) is 6.65. The van der Waals surface area contributed by atoms with Gasteiger partial charge in [0.2, 0.25) is 0 Å². The lowest BCUT2D eigenvalue weighted by molar-refractivity contribution is 0.0956. The normalized spacial score (nSPS) is 9.57. The van der Waals surface area contributed by atoms with Gasteiger partial charge >= 0.3 is 0 Å². The zero-order valence-electron chi connectivity index (χ0n) is 8.37. The summed E-state index contributed by atoms with van der Waals surface area (Å²) in [6.45, 7) is 7.54. The van der Waals surface area contributed by atoms with E-state index < -0.39 is 0 Å². The number of hydrogen-bond acceptors (Lipinski definition) is 3. The minimum Gasteiger partial charge on any atom is -0.349 e. The van der Waals surface area contributed by atoms with Gasteiger partial charge in [0.15, 0.2) is 0 Å². The second kappa shape index (κ2) is 4.50. The fourth-order valence-corrected chi connectivity index (χ4v) is 1.04. The topological polar surface area (TPSA) is 54.9 Å². The van der Waals surface area contributed by atoms with E-state index in [1.54, 1.807) is 26.0 Å². The Morgan fingerprint density at radius 3 is 2.93 bits per heavy atom. The van der Waals surface area contributed by atoms with Gasteiger partial charge in [0.1, 0.15) is 0 Å².